The minimum Gasteiger partial charge on any atom is -0.389 e. The molecule has 0 unspecified atom stereocenters. The smallest absolute Gasteiger partial charge is 0.222 e. The monoisotopic (exact) mass is 181 g/mol. The normalized spacial score (nSPS) is 11.4. The number of nitrogens with one attached hydrogen (secondary N) is 1. The number of aromatic nitrogens is 2. The van der Waals surface area contributed by atoms with Gasteiger partial charge in [0.05, 0.1) is 5.60 Å². The predicted molar refractivity (Wildman–Crippen MR) is 51.6 cm³/mol. The molecule has 1 aromatic heterocycles. The summed E-state index contributed by atoms with van der Waals surface area (Å²) in [5.41, 5.74) is 0.167. The van der Waals surface area contributed by atoms with E-state index in [-0.39, 0.29) is 0 Å². The third-order valence-electron chi connectivity index (χ3n) is 1.47. The summed E-state index contributed by atoms with van der Waals surface area (Å²) in [6.07, 6.45) is 1.69. The SMILES string of the molecule is Cc1ccnc(NCC(C)(C)O)n1. The molecule has 13 heavy (non-hydrogen) atoms. The van der Waals surface area contributed by atoms with Crippen molar-refractivity contribution in [3.05, 3.63) is 18.0 Å². The van der Waals surface area contributed by atoms with Gasteiger partial charge in [-0.1, -0.05) is 0 Å². The molecule has 1 heterocycles. The van der Waals surface area contributed by atoms with Crippen LogP contribution in [-0.2, 0) is 0 Å². The lowest BCUT2D eigenvalue weighted by molar-refractivity contribution is 0.0943. The fraction of sp³-hybridized carbons (Fsp3) is 0.556. The van der Waals surface area contributed by atoms with Gasteiger partial charge in [-0.15, -0.1) is 0 Å². The van der Waals surface area contributed by atoms with Gasteiger partial charge in [-0.25, -0.2) is 9.97 Å². The number of aliphatic hydroxyl groups is 1. The molecule has 1 aromatic rings. The van der Waals surface area contributed by atoms with Crippen LogP contribution in [0.25, 0.3) is 0 Å². The van der Waals surface area contributed by atoms with Crippen molar-refractivity contribution < 1.29 is 5.11 Å². The maximum Gasteiger partial charge on any atom is 0.222 e. The molecule has 0 amide bonds. The molecule has 0 aliphatic heterocycles. The number of aryl methyl sites for hydroxylation is 1. The van der Waals surface area contributed by atoms with E-state index in [1.165, 1.54) is 0 Å². The summed E-state index contributed by atoms with van der Waals surface area (Å²) in [7, 11) is 0. The zero-order valence-corrected chi connectivity index (χ0v) is 8.20. The number of hydrogen-bond acceptors (Lipinski definition) is 4. The summed E-state index contributed by atoms with van der Waals surface area (Å²) in [5.74, 6) is 0.558. The van der Waals surface area contributed by atoms with E-state index in [1.807, 2.05) is 13.0 Å². The van der Waals surface area contributed by atoms with Crippen LogP contribution >= 0.6 is 0 Å². The largest absolute Gasteiger partial charge is 0.389 e. The van der Waals surface area contributed by atoms with Gasteiger partial charge in [0.1, 0.15) is 0 Å². The van der Waals surface area contributed by atoms with Gasteiger partial charge in [0.15, 0.2) is 0 Å². The fourth-order valence-corrected chi connectivity index (χ4v) is 0.829. The molecule has 1 rings (SSSR count). The molecule has 72 valence electrons. The van der Waals surface area contributed by atoms with Crippen LogP contribution in [0.3, 0.4) is 0 Å². The minimum absolute atomic E-state index is 0.441. The predicted octanol–water partition coefficient (Wildman–Crippen LogP) is 0.968. The van der Waals surface area contributed by atoms with E-state index in [9.17, 15) is 5.11 Å². The Bertz CT molecular complexity index is 280. The summed E-state index contributed by atoms with van der Waals surface area (Å²) in [5, 5.41) is 12.4. The summed E-state index contributed by atoms with van der Waals surface area (Å²) in [6.45, 7) is 5.80. The van der Waals surface area contributed by atoms with Crippen molar-refractivity contribution in [1.82, 2.24) is 9.97 Å². The second-order valence-corrected chi connectivity index (χ2v) is 3.69. The molecule has 0 radical (unpaired) electrons. The first kappa shape index (κ1) is 9.92. The Kier molecular flexibility index (Phi) is 2.83. The van der Waals surface area contributed by atoms with Crippen molar-refractivity contribution in [1.29, 1.82) is 0 Å². The van der Waals surface area contributed by atoms with Gasteiger partial charge in [-0.05, 0) is 26.8 Å². The number of rotatable bonds is 3. The second-order valence-electron chi connectivity index (χ2n) is 3.69. The van der Waals surface area contributed by atoms with E-state index in [2.05, 4.69) is 15.3 Å². The van der Waals surface area contributed by atoms with Crippen molar-refractivity contribution >= 4 is 5.95 Å². The second kappa shape index (κ2) is 3.70. The average molecular weight is 181 g/mol. The summed E-state index contributed by atoms with van der Waals surface area (Å²) in [6, 6.07) is 1.83. The third-order valence-corrected chi connectivity index (χ3v) is 1.47. The van der Waals surface area contributed by atoms with Crippen LogP contribution in [0.5, 0.6) is 0 Å². The molecule has 4 heteroatoms. The highest BCUT2D eigenvalue weighted by Crippen LogP contribution is 2.03. The van der Waals surface area contributed by atoms with Gasteiger partial charge in [-0.3, -0.25) is 0 Å². The van der Waals surface area contributed by atoms with Crippen molar-refractivity contribution in [3.8, 4) is 0 Å². The molecule has 0 saturated heterocycles. The highest BCUT2D eigenvalue weighted by atomic mass is 16.3. The maximum absolute atomic E-state index is 9.43. The molecule has 0 spiro atoms. The first-order chi connectivity index (χ1) is 5.97. The van der Waals surface area contributed by atoms with E-state index in [0.717, 1.165) is 5.69 Å². The number of nitrogens with zero attached hydrogens (tertiary/aromatic N) is 2. The molecule has 2 N–H and O–H groups in total. The van der Waals surface area contributed by atoms with Crippen LogP contribution in [0.2, 0.25) is 0 Å². The average Bonchev–Trinajstić information content (AvgIpc) is 2.00. The molecule has 0 aliphatic carbocycles. The number of anilines is 1. The van der Waals surface area contributed by atoms with Gasteiger partial charge in [-0.2, -0.15) is 0 Å². The Morgan fingerprint density at radius 1 is 1.54 bits per heavy atom. The van der Waals surface area contributed by atoms with Gasteiger partial charge < -0.3 is 10.4 Å². The lowest BCUT2D eigenvalue weighted by Gasteiger charge is -2.17. The van der Waals surface area contributed by atoms with Crippen LogP contribution in [-0.4, -0.2) is 27.2 Å². The van der Waals surface area contributed by atoms with E-state index < -0.39 is 5.60 Å². The maximum atomic E-state index is 9.43. The summed E-state index contributed by atoms with van der Waals surface area (Å²) >= 11 is 0. The Balaban J connectivity index is 2.55. The topological polar surface area (TPSA) is 58.0 Å². The lowest BCUT2D eigenvalue weighted by Crippen LogP contribution is -2.29. The molecule has 0 saturated carbocycles. The molecule has 0 aliphatic rings. The molecule has 0 aromatic carbocycles. The van der Waals surface area contributed by atoms with E-state index in [1.54, 1.807) is 20.0 Å². The van der Waals surface area contributed by atoms with Crippen LogP contribution in [0, 0.1) is 6.92 Å². The fourth-order valence-electron chi connectivity index (χ4n) is 0.829. The van der Waals surface area contributed by atoms with E-state index >= 15 is 0 Å². The Morgan fingerprint density at radius 2 is 2.23 bits per heavy atom. The Morgan fingerprint density at radius 3 is 2.77 bits per heavy atom. The zero-order chi connectivity index (χ0) is 9.90. The minimum atomic E-state index is -0.743. The van der Waals surface area contributed by atoms with Crippen molar-refractivity contribution in [2.75, 3.05) is 11.9 Å². The van der Waals surface area contributed by atoms with E-state index in [4.69, 9.17) is 0 Å². The standard InChI is InChI=1S/C9H15N3O/c1-7-4-5-10-8(12-7)11-6-9(2,3)13/h4-5,13H,6H2,1-3H3,(H,10,11,12). The van der Waals surface area contributed by atoms with Crippen molar-refractivity contribution in [3.63, 3.8) is 0 Å². The molecular formula is C9H15N3O. The highest BCUT2D eigenvalue weighted by Gasteiger charge is 2.11. The zero-order valence-electron chi connectivity index (χ0n) is 8.20. The van der Waals surface area contributed by atoms with Gasteiger partial charge >= 0.3 is 0 Å². The van der Waals surface area contributed by atoms with Crippen LogP contribution < -0.4 is 5.32 Å². The Hall–Kier alpha value is -1.16. The Labute approximate surface area is 78.0 Å². The molecule has 0 atom stereocenters. The first-order valence-electron chi connectivity index (χ1n) is 4.23. The third kappa shape index (κ3) is 3.85. The van der Waals surface area contributed by atoms with Crippen LogP contribution in [0.1, 0.15) is 19.5 Å². The summed E-state index contributed by atoms with van der Waals surface area (Å²) < 4.78 is 0. The van der Waals surface area contributed by atoms with Crippen molar-refractivity contribution in [2.24, 2.45) is 0 Å². The number of hydrogen-bond donors (Lipinski definition) is 2. The summed E-state index contributed by atoms with van der Waals surface area (Å²) in [4.78, 5) is 8.15. The van der Waals surface area contributed by atoms with Gasteiger partial charge in [0, 0.05) is 18.4 Å². The molecule has 0 bridgehead atoms. The van der Waals surface area contributed by atoms with Crippen LogP contribution in [0.15, 0.2) is 12.3 Å². The molecular weight excluding hydrogens is 166 g/mol. The quantitative estimate of drug-likeness (QED) is 0.729. The van der Waals surface area contributed by atoms with Gasteiger partial charge in [0.2, 0.25) is 5.95 Å². The highest BCUT2D eigenvalue weighted by molar-refractivity contribution is 5.25. The first-order valence-corrected chi connectivity index (χ1v) is 4.23. The molecule has 4 nitrogen and oxygen atoms in total. The lowest BCUT2D eigenvalue weighted by atomic mass is 10.1. The van der Waals surface area contributed by atoms with Crippen molar-refractivity contribution in [2.45, 2.75) is 26.4 Å². The molecule has 0 fully saturated rings. The van der Waals surface area contributed by atoms with Crippen LogP contribution in [0.4, 0.5) is 5.95 Å². The van der Waals surface area contributed by atoms with E-state index in [0.29, 0.717) is 12.5 Å². The van der Waals surface area contributed by atoms with Gasteiger partial charge in [0.25, 0.3) is 0 Å².